The monoisotopic (exact) mass is 463 g/mol. The number of para-hydroxylation sites is 5. The number of anilines is 2. The smallest absolute Gasteiger partial charge is 0.0787 e. The SMILES string of the molecule is CC(C)N1c2ccccc2-n2c3ccccc3c3c4c5ccccc5n(-c5ccccc5)c4cc1c32. The molecule has 0 atom stereocenters. The average Bonchev–Trinajstić information content (AvgIpc) is 3.43. The molecule has 36 heavy (non-hydrogen) atoms. The molecule has 0 saturated heterocycles. The molecule has 3 heteroatoms. The minimum Gasteiger partial charge on any atom is -0.335 e. The molecule has 0 spiro atoms. The molecule has 0 bridgehead atoms. The van der Waals surface area contributed by atoms with Crippen LogP contribution in [0, 0.1) is 0 Å². The van der Waals surface area contributed by atoms with Gasteiger partial charge in [0.1, 0.15) is 0 Å². The van der Waals surface area contributed by atoms with Gasteiger partial charge in [-0.15, -0.1) is 0 Å². The first-order valence-electron chi connectivity index (χ1n) is 12.7. The molecule has 0 amide bonds. The first-order valence-corrected chi connectivity index (χ1v) is 12.7. The number of aromatic nitrogens is 2. The molecule has 0 unspecified atom stereocenters. The summed E-state index contributed by atoms with van der Waals surface area (Å²) in [6.45, 7) is 4.58. The van der Waals surface area contributed by atoms with Crippen LogP contribution in [0.25, 0.3) is 55.0 Å². The Labute approximate surface area is 209 Å². The highest BCUT2D eigenvalue weighted by molar-refractivity contribution is 6.32. The van der Waals surface area contributed by atoms with Crippen LogP contribution in [0.5, 0.6) is 0 Å². The van der Waals surface area contributed by atoms with Gasteiger partial charge in [0.05, 0.1) is 39.1 Å². The predicted molar refractivity (Wildman–Crippen MR) is 152 cm³/mol. The number of hydrogen-bond donors (Lipinski definition) is 0. The Kier molecular flexibility index (Phi) is 3.85. The predicted octanol–water partition coefficient (Wildman–Crippen LogP) is 8.74. The second-order valence-electron chi connectivity index (χ2n) is 10.0. The Bertz CT molecular complexity index is 1970. The van der Waals surface area contributed by atoms with Crippen molar-refractivity contribution in [1.82, 2.24) is 9.13 Å². The van der Waals surface area contributed by atoms with Gasteiger partial charge in [-0.3, -0.25) is 0 Å². The Morgan fingerprint density at radius 1 is 0.500 bits per heavy atom. The summed E-state index contributed by atoms with van der Waals surface area (Å²) in [7, 11) is 0. The van der Waals surface area contributed by atoms with Crippen LogP contribution in [0.4, 0.5) is 11.4 Å². The maximum Gasteiger partial charge on any atom is 0.0787 e. The summed E-state index contributed by atoms with van der Waals surface area (Å²) in [6.07, 6.45) is 0. The van der Waals surface area contributed by atoms with Crippen molar-refractivity contribution < 1.29 is 0 Å². The van der Waals surface area contributed by atoms with Gasteiger partial charge in [0.25, 0.3) is 0 Å². The van der Waals surface area contributed by atoms with Gasteiger partial charge in [-0.1, -0.05) is 66.7 Å². The lowest BCUT2D eigenvalue weighted by atomic mass is 10.0. The minimum atomic E-state index is 0.313. The van der Waals surface area contributed by atoms with Crippen molar-refractivity contribution in [2.75, 3.05) is 4.90 Å². The van der Waals surface area contributed by atoms with Gasteiger partial charge in [-0.2, -0.15) is 0 Å². The van der Waals surface area contributed by atoms with Crippen molar-refractivity contribution in [3.05, 3.63) is 109 Å². The van der Waals surface area contributed by atoms with Gasteiger partial charge in [-0.25, -0.2) is 0 Å². The number of rotatable bonds is 2. The third-order valence-electron chi connectivity index (χ3n) is 7.72. The standard InChI is InChI=1S/C33H25N3/c1-21(2)34-27-18-10-11-19-28(27)36-26-17-9-7-15-24(26)32-31-23-14-6-8-16-25(23)35(22-12-4-3-5-13-22)29(31)20-30(34)33(32)36/h3-21H,1-2H3. The molecule has 0 saturated carbocycles. The fourth-order valence-electron chi connectivity index (χ4n) is 6.42. The molecule has 7 aromatic rings. The molecule has 2 aromatic heterocycles. The first-order chi connectivity index (χ1) is 17.7. The molecular weight excluding hydrogens is 438 g/mol. The summed E-state index contributed by atoms with van der Waals surface area (Å²) >= 11 is 0. The maximum absolute atomic E-state index is 2.52. The molecule has 172 valence electrons. The van der Waals surface area contributed by atoms with E-state index in [2.05, 4.69) is 137 Å². The number of fused-ring (bicyclic) bond motifs is 9. The van der Waals surface area contributed by atoms with E-state index in [4.69, 9.17) is 0 Å². The van der Waals surface area contributed by atoms with E-state index in [-0.39, 0.29) is 0 Å². The quantitative estimate of drug-likeness (QED) is 0.250. The zero-order chi connectivity index (χ0) is 24.0. The lowest BCUT2D eigenvalue weighted by Gasteiger charge is -2.36. The van der Waals surface area contributed by atoms with Crippen LogP contribution >= 0.6 is 0 Å². The van der Waals surface area contributed by atoms with Crippen molar-refractivity contribution >= 4 is 55.0 Å². The third-order valence-corrected chi connectivity index (χ3v) is 7.72. The summed E-state index contributed by atoms with van der Waals surface area (Å²) in [5.41, 5.74) is 9.99. The van der Waals surface area contributed by atoms with Crippen LogP contribution in [-0.2, 0) is 0 Å². The van der Waals surface area contributed by atoms with E-state index < -0.39 is 0 Å². The Hall–Kier alpha value is -4.50. The van der Waals surface area contributed by atoms with E-state index in [0.717, 1.165) is 0 Å². The summed E-state index contributed by atoms with van der Waals surface area (Å²) in [5, 5.41) is 5.26. The third kappa shape index (κ3) is 2.37. The maximum atomic E-state index is 2.52. The highest BCUT2D eigenvalue weighted by Gasteiger charge is 2.31. The molecule has 1 aliphatic rings. The molecule has 3 nitrogen and oxygen atoms in total. The van der Waals surface area contributed by atoms with Crippen LogP contribution in [0.15, 0.2) is 109 Å². The molecule has 1 aliphatic heterocycles. The lowest BCUT2D eigenvalue weighted by Crippen LogP contribution is -2.29. The second-order valence-corrected chi connectivity index (χ2v) is 10.0. The van der Waals surface area contributed by atoms with E-state index in [9.17, 15) is 0 Å². The Morgan fingerprint density at radius 2 is 1.08 bits per heavy atom. The fraction of sp³-hybridized carbons (Fsp3) is 0.0909. The molecule has 0 fully saturated rings. The number of nitrogens with zero attached hydrogens (tertiary/aromatic N) is 3. The molecular formula is C33H25N3. The molecule has 8 rings (SSSR count). The molecule has 5 aromatic carbocycles. The summed E-state index contributed by atoms with van der Waals surface area (Å²) in [4.78, 5) is 2.52. The van der Waals surface area contributed by atoms with Crippen molar-refractivity contribution in [3.63, 3.8) is 0 Å². The van der Waals surface area contributed by atoms with Crippen LogP contribution in [0.2, 0.25) is 0 Å². The minimum absolute atomic E-state index is 0.313. The average molecular weight is 464 g/mol. The van der Waals surface area contributed by atoms with Crippen molar-refractivity contribution in [2.45, 2.75) is 19.9 Å². The topological polar surface area (TPSA) is 13.1 Å². The molecule has 0 aliphatic carbocycles. The van der Waals surface area contributed by atoms with Crippen LogP contribution in [0.3, 0.4) is 0 Å². The normalized spacial score (nSPS) is 12.9. The Balaban J connectivity index is 1.70. The van der Waals surface area contributed by atoms with Gasteiger partial charge < -0.3 is 14.0 Å². The van der Waals surface area contributed by atoms with E-state index in [1.54, 1.807) is 0 Å². The number of hydrogen-bond acceptors (Lipinski definition) is 1. The van der Waals surface area contributed by atoms with E-state index >= 15 is 0 Å². The van der Waals surface area contributed by atoms with Gasteiger partial charge in [0.15, 0.2) is 0 Å². The van der Waals surface area contributed by atoms with Gasteiger partial charge in [0, 0.05) is 33.3 Å². The van der Waals surface area contributed by atoms with Crippen molar-refractivity contribution in [3.8, 4) is 11.4 Å². The van der Waals surface area contributed by atoms with E-state index in [1.165, 1.54) is 66.4 Å². The molecule has 3 heterocycles. The summed E-state index contributed by atoms with van der Waals surface area (Å²) < 4.78 is 4.92. The van der Waals surface area contributed by atoms with Crippen LogP contribution in [-0.4, -0.2) is 15.2 Å². The fourth-order valence-corrected chi connectivity index (χ4v) is 6.42. The molecule has 0 radical (unpaired) electrons. The second kappa shape index (κ2) is 7.02. The highest BCUT2D eigenvalue weighted by atomic mass is 15.2. The van der Waals surface area contributed by atoms with Crippen molar-refractivity contribution in [1.29, 1.82) is 0 Å². The number of benzene rings is 5. The summed E-state index contributed by atoms with van der Waals surface area (Å²) in [5.74, 6) is 0. The van der Waals surface area contributed by atoms with Gasteiger partial charge >= 0.3 is 0 Å². The lowest BCUT2D eigenvalue weighted by molar-refractivity contribution is 0.782. The Morgan fingerprint density at radius 3 is 1.81 bits per heavy atom. The van der Waals surface area contributed by atoms with Gasteiger partial charge in [0.2, 0.25) is 0 Å². The van der Waals surface area contributed by atoms with Crippen LogP contribution < -0.4 is 4.90 Å². The van der Waals surface area contributed by atoms with Crippen molar-refractivity contribution in [2.24, 2.45) is 0 Å². The largest absolute Gasteiger partial charge is 0.335 e. The zero-order valence-electron chi connectivity index (χ0n) is 20.3. The first kappa shape index (κ1) is 19.8. The highest BCUT2D eigenvalue weighted by Crippen LogP contribution is 2.51. The zero-order valence-corrected chi connectivity index (χ0v) is 20.3. The van der Waals surface area contributed by atoms with Crippen LogP contribution in [0.1, 0.15) is 13.8 Å². The van der Waals surface area contributed by atoms with Gasteiger partial charge in [-0.05, 0) is 56.3 Å². The van der Waals surface area contributed by atoms with E-state index in [1.807, 2.05) is 0 Å². The van der Waals surface area contributed by atoms with E-state index in [0.29, 0.717) is 6.04 Å². The molecule has 0 N–H and O–H groups in total. The summed E-state index contributed by atoms with van der Waals surface area (Å²) in [6, 6.07) is 40.1.